The molecule has 0 saturated carbocycles. The van der Waals surface area contributed by atoms with E-state index in [-0.39, 0.29) is 12.0 Å². The molecule has 7 rings (SSSR count). The first kappa shape index (κ1) is 23.9. The van der Waals surface area contributed by atoms with Gasteiger partial charge in [-0.3, -0.25) is 0 Å². The van der Waals surface area contributed by atoms with Crippen LogP contribution in [0.3, 0.4) is 0 Å². The number of para-hydroxylation sites is 1. The molecule has 0 spiro atoms. The van der Waals surface area contributed by atoms with Crippen LogP contribution >= 0.6 is 0 Å². The molecule has 1 aliphatic heterocycles. The van der Waals surface area contributed by atoms with Gasteiger partial charge in [-0.2, -0.15) is 5.10 Å². The summed E-state index contributed by atoms with van der Waals surface area (Å²) in [6, 6.07) is 18.5. The number of aromatic nitrogens is 5. The molecule has 2 aromatic carbocycles. The lowest BCUT2D eigenvalue weighted by Crippen LogP contribution is -2.36. The summed E-state index contributed by atoms with van der Waals surface area (Å²) >= 11 is 0. The van der Waals surface area contributed by atoms with Crippen LogP contribution in [-0.4, -0.2) is 42.9 Å². The number of benzene rings is 2. The third-order valence-electron chi connectivity index (χ3n) is 7.66. The molecule has 5 aromatic rings. The zero-order chi connectivity index (χ0) is 27.4. The van der Waals surface area contributed by atoms with Crippen molar-refractivity contribution in [3.05, 3.63) is 96.0 Å². The Morgan fingerprint density at radius 3 is 2.70 bits per heavy atom. The second kappa shape index (κ2) is 8.94. The first-order valence-corrected chi connectivity index (χ1v) is 13.1. The predicted molar refractivity (Wildman–Crippen MR) is 160 cm³/mol. The molecule has 0 amide bonds. The standard InChI is InChI=1S/C31H27N9/c1-18-7-3-5-9-22(18)26-21(13-19-8-4-6-10-23(19)37-26)15-40-29-25(28(32)35-17-36-29)27(39-40)20-11-12-24-31(2,14-20)16-34-30(33)38-24/h3-14,16-17,24H,15H2,1-2H3,(H2,33,38)(H2,32,35,36). The second-order valence-electron chi connectivity index (χ2n) is 10.5. The summed E-state index contributed by atoms with van der Waals surface area (Å²) in [7, 11) is 0. The molecule has 2 atom stereocenters. The molecule has 4 heterocycles. The Balaban J connectivity index is 1.39. The maximum absolute atomic E-state index is 6.44. The van der Waals surface area contributed by atoms with Crippen molar-refractivity contribution in [2.75, 3.05) is 5.73 Å². The number of nitrogens with two attached hydrogens (primary N) is 2. The van der Waals surface area contributed by atoms with Crippen molar-refractivity contribution in [2.24, 2.45) is 21.1 Å². The van der Waals surface area contributed by atoms with Gasteiger partial charge in [-0.15, -0.1) is 0 Å². The Morgan fingerprint density at radius 1 is 1.00 bits per heavy atom. The van der Waals surface area contributed by atoms with Gasteiger partial charge < -0.3 is 11.5 Å². The van der Waals surface area contributed by atoms with Gasteiger partial charge in [0.2, 0.25) is 5.96 Å². The number of allylic oxidation sites excluding steroid dienone is 2. The molecule has 196 valence electrons. The Kier molecular flexibility index (Phi) is 5.34. The number of guanidine groups is 1. The minimum atomic E-state index is -0.437. The van der Waals surface area contributed by atoms with E-state index in [1.165, 1.54) is 6.33 Å². The van der Waals surface area contributed by atoms with Crippen LogP contribution in [-0.2, 0) is 6.54 Å². The molecule has 40 heavy (non-hydrogen) atoms. The molecule has 9 nitrogen and oxygen atoms in total. The Labute approximate surface area is 230 Å². The van der Waals surface area contributed by atoms with Crippen LogP contribution in [0.2, 0.25) is 0 Å². The third kappa shape index (κ3) is 3.86. The van der Waals surface area contributed by atoms with Gasteiger partial charge in [0.25, 0.3) is 0 Å². The Hall–Kier alpha value is -5.18. The molecule has 1 aliphatic carbocycles. The molecule has 2 aliphatic rings. The molecule has 0 radical (unpaired) electrons. The minimum absolute atomic E-state index is 0.129. The van der Waals surface area contributed by atoms with Gasteiger partial charge in [0.1, 0.15) is 17.8 Å². The SMILES string of the molecule is Cc1ccccc1-c1nc2ccccc2cc1Cn1nc(C2=CC3(C)C=NC(N)=NC3C=C2)c2c(N)ncnc21. The maximum atomic E-state index is 6.44. The van der Waals surface area contributed by atoms with E-state index in [1.807, 2.05) is 53.4 Å². The van der Waals surface area contributed by atoms with E-state index >= 15 is 0 Å². The molecular formula is C31H27N9. The fourth-order valence-electron chi connectivity index (χ4n) is 5.55. The summed E-state index contributed by atoms with van der Waals surface area (Å²) in [5, 5.41) is 6.85. The smallest absolute Gasteiger partial charge is 0.215 e. The average molecular weight is 526 g/mol. The van der Waals surface area contributed by atoms with Gasteiger partial charge in [-0.05, 0) is 37.1 Å². The molecular weight excluding hydrogens is 498 g/mol. The number of anilines is 1. The first-order chi connectivity index (χ1) is 19.4. The summed E-state index contributed by atoms with van der Waals surface area (Å²) in [6.45, 7) is 4.63. The molecule has 9 heteroatoms. The molecule has 0 saturated heterocycles. The highest BCUT2D eigenvalue weighted by Gasteiger charge is 2.35. The monoisotopic (exact) mass is 525 g/mol. The lowest BCUT2D eigenvalue weighted by molar-refractivity contribution is 0.525. The average Bonchev–Trinajstić information content (AvgIpc) is 3.32. The number of fused-ring (bicyclic) bond motifs is 3. The topological polar surface area (TPSA) is 133 Å². The van der Waals surface area contributed by atoms with Crippen LogP contribution in [0.15, 0.2) is 89.1 Å². The number of nitrogens with zero attached hydrogens (tertiary/aromatic N) is 7. The van der Waals surface area contributed by atoms with Gasteiger partial charge in [0, 0.05) is 28.1 Å². The van der Waals surface area contributed by atoms with Crippen molar-refractivity contribution in [1.29, 1.82) is 0 Å². The van der Waals surface area contributed by atoms with E-state index in [0.29, 0.717) is 29.1 Å². The Morgan fingerprint density at radius 2 is 1.82 bits per heavy atom. The van der Waals surface area contributed by atoms with E-state index in [0.717, 1.165) is 38.9 Å². The molecule has 2 unspecified atom stereocenters. The summed E-state index contributed by atoms with van der Waals surface area (Å²) in [4.78, 5) is 22.8. The first-order valence-electron chi connectivity index (χ1n) is 13.1. The highest BCUT2D eigenvalue weighted by molar-refractivity contribution is 6.00. The predicted octanol–water partition coefficient (Wildman–Crippen LogP) is 4.71. The van der Waals surface area contributed by atoms with E-state index in [4.69, 9.17) is 21.5 Å². The number of aryl methyl sites for hydroxylation is 1. The Bertz CT molecular complexity index is 1950. The van der Waals surface area contributed by atoms with E-state index < -0.39 is 5.41 Å². The number of pyridine rings is 1. The fraction of sp³-hybridized carbons (Fsp3) is 0.161. The number of rotatable bonds is 4. The lowest BCUT2D eigenvalue weighted by Gasteiger charge is -2.32. The quantitative estimate of drug-likeness (QED) is 0.349. The van der Waals surface area contributed by atoms with Crippen molar-refractivity contribution in [2.45, 2.75) is 26.4 Å². The number of aliphatic imine (C=N–C) groups is 2. The van der Waals surface area contributed by atoms with Crippen molar-refractivity contribution in [3.8, 4) is 11.3 Å². The number of hydrogen-bond acceptors (Lipinski definition) is 8. The summed E-state index contributed by atoms with van der Waals surface area (Å²) in [6.07, 6.45) is 9.48. The van der Waals surface area contributed by atoms with Crippen LogP contribution < -0.4 is 11.5 Å². The number of nitrogen functional groups attached to an aromatic ring is 1. The van der Waals surface area contributed by atoms with E-state index in [9.17, 15) is 0 Å². The van der Waals surface area contributed by atoms with Gasteiger partial charge >= 0.3 is 0 Å². The number of hydrogen-bond donors (Lipinski definition) is 2. The van der Waals surface area contributed by atoms with E-state index in [1.54, 1.807) is 0 Å². The van der Waals surface area contributed by atoms with Crippen LogP contribution in [0.4, 0.5) is 5.82 Å². The van der Waals surface area contributed by atoms with Crippen LogP contribution in [0.5, 0.6) is 0 Å². The molecule has 3 aromatic heterocycles. The van der Waals surface area contributed by atoms with Gasteiger partial charge in [0.05, 0.1) is 29.2 Å². The maximum Gasteiger partial charge on any atom is 0.215 e. The van der Waals surface area contributed by atoms with Gasteiger partial charge in [0.15, 0.2) is 5.65 Å². The second-order valence-corrected chi connectivity index (χ2v) is 10.5. The summed E-state index contributed by atoms with van der Waals surface area (Å²) in [5.74, 6) is 0.660. The van der Waals surface area contributed by atoms with Gasteiger partial charge in [-0.25, -0.2) is 29.6 Å². The summed E-state index contributed by atoms with van der Waals surface area (Å²) < 4.78 is 1.89. The lowest BCUT2D eigenvalue weighted by atomic mass is 9.77. The normalized spacial score (nSPS) is 20.0. The van der Waals surface area contributed by atoms with Crippen LogP contribution in [0, 0.1) is 12.3 Å². The highest BCUT2D eigenvalue weighted by Crippen LogP contribution is 2.38. The zero-order valence-corrected chi connectivity index (χ0v) is 22.2. The zero-order valence-electron chi connectivity index (χ0n) is 22.2. The van der Waals surface area contributed by atoms with Crippen LogP contribution in [0.25, 0.3) is 38.8 Å². The van der Waals surface area contributed by atoms with E-state index in [2.05, 4.69) is 64.1 Å². The fourth-order valence-corrected chi connectivity index (χ4v) is 5.55. The van der Waals surface area contributed by atoms with Crippen molar-refractivity contribution in [3.63, 3.8) is 0 Å². The minimum Gasteiger partial charge on any atom is -0.383 e. The van der Waals surface area contributed by atoms with Gasteiger partial charge in [-0.1, -0.05) is 60.7 Å². The van der Waals surface area contributed by atoms with Crippen molar-refractivity contribution < 1.29 is 0 Å². The molecule has 0 bridgehead atoms. The molecule has 4 N–H and O–H groups in total. The summed E-state index contributed by atoms with van der Waals surface area (Å²) in [5.41, 5.74) is 19.3. The third-order valence-corrected chi connectivity index (χ3v) is 7.66. The van der Waals surface area contributed by atoms with Crippen molar-refractivity contribution >= 4 is 45.5 Å². The largest absolute Gasteiger partial charge is 0.383 e. The van der Waals surface area contributed by atoms with Crippen LogP contribution in [0.1, 0.15) is 23.7 Å². The molecule has 0 fully saturated rings. The highest BCUT2D eigenvalue weighted by atomic mass is 15.3. The van der Waals surface area contributed by atoms with Crippen molar-refractivity contribution in [1.82, 2.24) is 24.7 Å².